The summed E-state index contributed by atoms with van der Waals surface area (Å²) in [5, 5.41) is 12.8. The summed E-state index contributed by atoms with van der Waals surface area (Å²) >= 11 is 1.15. The first-order valence-electron chi connectivity index (χ1n) is 7.18. The predicted octanol–water partition coefficient (Wildman–Crippen LogP) is 3.70. The lowest BCUT2D eigenvalue weighted by Gasteiger charge is -2.10. The van der Waals surface area contributed by atoms with Gasteiger partial charge in [0, 0.05) is 5.69 Å². The summed E-state index contributed by atoms with van der Waals surface area (Å²) in [6.07, 6.45) is 0. The third kappa shape index (κ3) is 3.72. The van der Waals surface area contributed by atoms with Gasteiger partial charge in [-0.1, -0.05) is 18.2 Å². The SMILES string of the molecule is Cc1ccc(C)c(Nc2ccc(NS(=O)(=O)c3cccs3)nn2)c1. The number of hydrogen-bond acceptors (Lipinski definition) is 6. The highest BCUT2D eigenvalue weighted by Crippen LogP contribution is 2.22. The number of nitrogens with zero attached hydrogens (tertiary/aromatic N) is 2. The molecule has 0 fully saturated rings. The monoisotopic (exact) mass is 360 g/mol. The lowest BCUT2D eigenvalue weighted by atomic mass is 10.1. The van der Waals surface area contributed by atoms with Crippen molar-refractivity contribution >= 4 is 38.7 Å². The van der Waals surface area contributed by atoms with Gasteiger partial charge in [0.1, 0.15) is 4.21 Å². The number of anilines is 3. The van der Waals surface area contributed by atoms with Crippen LogP contribution in [0.3, 0.4) is 0 Å². The Labute approximate surface area is 144 Å². The fourth-order valence-electron chi connectivity index (χ4n) is 2.07. The molecule has 0 atom stereocenters. The minimum absolute atomic E-state index is 0.176. The molecule has 0 bridgehead atoms. The lowest BCUT2D eigenvalue weighted by Crippen LogP contribution is -2.13. The molecular formula is C16H16N4O2S2. The second-order valence-corrected chi connectivity index (χ2v) is 8.14. The van der Waals surface area contributed by atoms with Gasteiger partial charge in [0.05, 0.1) is 0 Å². The molecule has 8 heteroatoms. The molecule has 0 spiro atoms. The smallest absolute Gasteiger partial charge is 0.272 e. The second-order valence-electron chi connectivity index (χ2n) is 5.28. The second kappa shape index (κ2) is 6.58. The van der Waals surface area contributed by atoms with Crippen molar-refractivity contribution in [2.75, 3.05) is 10.0 Å². The molecule has 0 saturated heterocycles. The predicted molar refractivity (Wildman–Crippen MR) is 96.4 cm³/mol. The Hall–Kier alpha value is -2.45. The normalized spacial score (nSPS) is 11.2. The average Bonchev–Trinajstić information content (AvgIpc) is 3.08. The minimum Gasteiger partial charge on any atom is -0.339 e. The highest BCUT2D eigenvalue weighted by Gasteiger charge is 2.16. The van der Waals surface area contributed by atoms with E-state index in [0.717, 1.165) is 28.2 Å². The third-order valence-electron chi connectivity index (χ3n) is 3.32. The van der Waals surface area contributed by atoms with Crippen LogP contribution >= 0.6 is 11.3 Å². The Morgan fingerprint density at radius 1 is 1.00 bits per heavy atom. The van der Waals surface area contributed by atoms with Gasteiger partial charge >= 0.3 is 0 Å². The molecule has 2 aromatic heterocycles. The Kier molecular flexibility index (Phi) is 4.50. The van der Waals surface area contributed by atoms with E-state index in [1.54, 1.807) is 23.6 Å². The fourth-order valence-corrected chi connectivity index (χ4v) is 4.06. The van der Waals surface area contributed by atoms with Gasteiger partial charge in [0.2, 0.25) is 0 Å². The van der Waals surface area contributed by atoms with Crippen molar-refractivity contribution in [2.45, 2.75) is 18.1 Å². The Balaban J connectivity index is 1.75. The van der Waals surface area contributed by atoms with Crippen molar-refractivity contribution in [1.29, 1.82) is 0 Å². The molecule has 6 nitrogen and oxygen atoms in total. The summed E-state index contributed by atoms with van der Waals surface area (Å²) < 4.78 is 26.9. The fraction of sp³-hybridized carbons (Fsp3) is 0.125. The van der Waals surface area contributed by atoms with Crippen molar-refractivity contribution in [1.82, 2.24) is 10.2 Å². The molecule has 0 aliphatic rings. The molecule has 0 radical (unpaired) electrons. The zero-order chi connectivity index (χ0) is 17.2. The van der Waals surface area contributed by atoms with Gasteiger partial charge in [-0.05, 0) is 54.6 Å². The zero-order valence-corrected chi connectivity index (χ0v) is 14.8. The molecule has 0 aliphatic carbocycles. The van der Waals surface area contributed by atoms with E-state index in [1.165, 1.54) is 6.07 Å². The van der Waals surface area contributed by atoms with Gasteiger partial charge in [-0.15, -0.1) is 21.5 Å². The standard InChI is InChI=1S/C16H16N4O2S2/c1-11-5-6-12(2)13(10-11)17-14-7-8-15(19-18-14)20-24(21,22)16-4-3-9-23-16/h3-10H,1-2H3,(H,17,18)(H,19,20). The van der Waals surface area contributed by atoms with E-state index in [4.69, 9.17) is 0 Å². The quantitative estimate of drug-likeness (QED) is 0.725. The van der Waals surface area contributed by atoms with E-state index in [-0.39, 0.29) is 10.0 Å². The lowest BCUT2D eigenvalue weighted by molar-refractivity contribution is 0.603. The molecule has 1 aromatic carbocycles. The third-order valence-corrected chi connectivity index (χ3v) is 6.07. The molecule has 124 valence electrons. The highest BCUT2D eigenvalue weighted by molar-refractivity contribution is 7.94. The number of aryl methyl sites for hydroxylation is 2. The van der Waals surface area contributed by atoms with Crippen molar-refractivity contribution in [2.24, 2.45) is 0 Å². The summed E-state index contributed by atoms with van der Waals surface area (Å²) in [6.45, 7) is 4.01. The van der Waals surface area contributed by atoms with Crippen LogP contribution in [-0.4, -0.2) is 18.6 Å². The highest BCUT2D eigenvalue weighted by atomic mass is 32.2. The molecular weight excluding hydrogens is 344 g/mol. The van der Waals surface area contributed by atoms with Crippen LogP contribution in [0.15, 0.2) is 52.1 Å². The summed E-state index contributed by atoms with van der Waals surface area (Å²) in [7, 11) is -3.61. The average molecular weight is 360 g/mol. The number of sulfonamides is 1. The molecule has 3 aromatic rings. The first-order valence-corrected chi connectivity index (χ1v) is 9.55. The maximum absolute atomic E-state index is 12.1. The van der Waals surface area contributed by atoms with Gasteiger partial charge in [-0.3, -0.25) is 4.72 Å². The maximum Gasteiger partial charge on any atom is 0.272 e. The van der Waals surface area contributed by atoms with Crippen LogP contribution in [0.4, 0.5) is 17.3 Å². The number of aromatic nitrogens is 2. The topological polar surface area (TPSA) is 84.0 Å². The van der Waals surface area contributed by atoms with Gasteiger partial charge in [-0.25, -0.2) is 8.42 Å². The van der Waals surface area contributed by atoms with E-state index in [2.05, 4.69) is 20.2 Å². The van der Waals surface area contributed by atoms with E-state index in [1.807, 2.05) is 32.0 Å². The number of nitrogens with one attached hydrogen (secondary N) is 2. The summed E-state index contributed by atoms with van der Waals surface area (Å²) in [5.74, 6) is 0.720. The Bertz CT molecular complexity index is 937. The van der Waals surface area contributed by atoms with Crippen LogP contribution in [0.2, 0.25) is 0 Å². The number of rotatable bonds is 5. The number of hydrogen-bond donors (Lipinski definition) is 2. The van der Waals surface area contributed by atoms with E-state index >= 15 is 0 Å². The van der Waals surface area contributed by atoms with Crippen LogP contribution < -0.4 is 10.0 Å². The first-order chi connectivity index (χ1) is 11.4. The van der Waals surface area contributed by atoms with Gasteiger partial charge in [0.15, 0.2) is 11.6 Å². The summed E-state index contributed by atoms with van der Waals surface area (Å²) in [6, 6.07) is 12.6. The molecule has 24 heavy (non-hydrogen) atoms. The van der Waals surface area contributed by atoms with E-state index in [0.29, 0.717) is 5.82 Å². The summed E-state index contributed by atoms with van der Waals surface area (Å²) in [5.41, 5.74) is 3.16. The molecule has 0 amide bonds. The molecule has 3 rings (SSSR count). The molecule has 0 aliphatic heterocycles. The van der Waals surface area contributed by atoms with Crippen LogP contribution in [0.1, 0.15) is 11.1 Å². The van der Waals surface area contributed by atoms with Crippen LogP contribution in [0.5, 0.6) is 0 Å². The first kappa shape index (κ1) is 16.4. The molecule has 2 N–H and O–H groups in total. The van der Waals surface area contributed by atoms with Crippen LogP contribution in [0, 0.1) is 13.8 Å². The van der Waals surface area contributed by atoms with E-state index < -0.39 is 10.0 Å². The molecule has 0 saturated carbocycles. The Morgan fingerprint density at radius 3 is 2.42 bits per heavy atom. The van der Waals surface area contributed by atoms with Crippen molar-refractivity contribution < 1.29 is 8.42 Å². The maximum atomic E-state index is 12.1. The largest absolute Gasteiger partial charge is 0.339 e. The minimum atomic E-state index is -3.61. The number of thiophene rings is 1. The van der Waals surface area contributed by atoms with Crippen molar-refractivity contribution in [3.8, 4) is 0 Å². The van der Waals surface area contributed by atoms with Crippen LogP contribution in [0.25, 0.3) is 0 Å². The molecule has 0 unspecified atom stereocenters. The van der Waals surface area contributed by atoms with Crippen LogP contribution in [-0.2, 0) is 10.0 Å². The summed E-state index contributed by atoms with van der Waals surface area (Å²) in [4.78, 5) is 0. The van der Waals surface area contributed by atoms with Crippen molar-refractivity contribution in [3.63, 3.8) is 0 Å². The van der Waals surface area contributed by atoms with Gasteiger partial charge < -0.3 is 5.32 Å². The van der Waals surface area contributed by atoms with Gasteiger partial charge in [0.25, 0.3) is 10.0 Å². The van der Waals surface area contributed by atoms with Gasteiger partial charge in [-0.2, -0.15) is 0 Å². The Morgan fingerprint density at radius 2 is 1.75 bits per heavy atom. The zero-order valence-electron chi connectivity index (χ0n) is 13.1. The molecule has 2 heterocycles. The van der Waals surface area contributed by atoms with E-state index in [9.17, 15) is 8.42 Å². The van der Waals surface area contributed by atoms with Crippen molar-refractivity contribution in [3.05, 3.63) is 59.0 Å². The number of benzene rings is 1.